The van der Waals surface area contributed by atoms with Crippen molar-refractivity contribution in [2.75, 3.05) is 12.4 Å². The van der Waals surface area contributed by atoms with Gasteiger partial charge < -0.3 is 10.1 Å². The molecule has 0 aliphatic rings. The van der Waals surface area contributed by atoms with Crippen LogP contribution in [-0.4, -0.2) is 18.1 Å². The van der Waals surface area contributed by atoms with E-state index in [1.54, 1.807) is 49.6 Å². The Kier molecular flexibility index (Phi) is 5.82. The molecule has 1 amide bonds. The maximum absolute atomic E-state index is 12.8. The lowest BCUT2D eigenvalue weighted by Crippen LogP contribution is -2.32. The van der Waals surface area contributed by atoms with Crippen molar-refractivity contribution in [3.05, 3.63) is 66.0 Å². The van der Waals surface area contributed by atoms with Crippen molar-refractivity contribution >= 4 is 35.0 Å². The number of ether oxygens (including phenoxy) is 1. The Morgan fingerprint density at radius 2 is 1.78 bits per heavy atom. The first kappa shape index (κ1) is 16.6. The summed E-state index contributed by atoms with van der Waals surface area (Å²) in [5, 5.41) is 5.60. The number of amides is 1. The van der Waals surface area contributed by atoms with Crippen LogP contribution in [0.25, 0.3) is 6.08 Å². The zero-order chi connectivity index (χ0) is 16.7. The van der Waals surface area contributed by atoms with E-state index >= 15 is 0 Å². The lowest BCUT2D eigenvalue weighted by molar-refractivity contribution is -0.115. The average molecular weight is 330 g/mol. The minimum atomic E-state index is -0.375. The summed E-state index contributed by atoms with van der Waals surface area (Å²) in [5.41, 5.74) is 1.45. The molecule has 6 heteroatoms. The van der Waals surface area contributed by atoms with Crippen molar-refractivity contribution in [3.63, 3.8) is 0 Å². The fourth-order valence-electron chi connectivity index (χ4n) is 1.74. The monoisotopic (exact) mass is 330 g/mol. The Balaban J connectivity index is 1.86. The second kappa shape index (κ2) is 8.05. The van der Waals surface area contributed by atoms with Gasteiger partial charge in [-0.25, -0.2) is 4.39 Å². The van der Waals surface area contributed by atoms with Gasteiger partial charge in [0.15, 0.2) is 5.11 Å². The summed E-state index contributed by atoms with van der Waals surface area (Å²) in [6, 6.07) is 12.9. The van der Waals surface area contributed by atoms with Gasteiger partial charge in [0, 0.05) is 11.8 Å². The van der Waals surface area contributed by atoms with Crippen LogP contribution in [-0.2, 0) is 4.79 Å². The largest absolute Gasteiger partial charge is 0.497 e. The third-order valence-corrected chi connectivity index (χ3v) is 3.09. The Bertz CT molecular complexity index is 712. The fourth-order valence-corrected chi connectivity index (χ4v) is 1.95. The number of thiocarbonyl (C=S) groups is 1. The van der Waals surface area contributed by atoms with Gasteiger partial charge in [-0.15, -0.1) is 0 Å². The van der Waals surface area contributed by atoms with E-state index in [-0.39, 0.29) is 16.8 Å². The number of methoxy groups -OCH3 is 1. The van der Waals surface area contributed by atoms with Crippen LogP contribution in [0.5, 0.6) is 5.75 Å². The number of hydrogen-bond acceptors (Lipinski definition) is 3. The third kappa shape index (κ3) is 5.52. The van der Waals surface area contributed by atoms with Crippen LogP contribution in [0.15, 0.2) is 54.6 Å². The van der Waals surface area contributed by atoms with Crippen molar-refractivity contribution in [1.29, 1.82) is 0 Å². The highest BCUT2D eigenvalue weighted by atomic mass is 32.1. The van der Waals surface area contributed by atoms with Crippen LogP contribution in [0.1, 0.15) is 5.56 Å². The molecular weight excluding hydrogens is 315 g/mol. The van der Waals surface area contributed by atoms with Crippen molar-refractivity contribution in [2.45, 2.75) is 0 Å². The quantitative estimate of drug-likeness (QED) is 0.667. The van der Waals surface area contributed by atoms with Crippen LogP contribution in [0.4, 0.5) is 10.1 Å². The van der Waals surface area contributed by atoms with E-state index in [0.717, 1.165) is 17.0 Å². The lowest BCUT2D eigenvalue weighted by Gasteiger charge is -2.08. The zero-order valence-electron chi connectivity index (χ0n) is 12.4. The normalized spacial score (nSPS) is 10.3. The molecule has 2 aromatic rings. The van der Waals surface area contributed by atoms with Crippen molar-refractivity contribution in [3.8, 4) is 5.75 Å². The SMILES string of the molecule is COc1ccc(NC(=S)NC(=O)/C=C/c2ccc(F)cc2)cc1. The molecule has 0 heterocycles. The van der Waals surface area contributed by atoms with E-state index in [1.165, 1.54) is 18.2 Å². The Morgan fingerprint density at radius 1 is 1.13 bits per heavy atom. The number of nitrogens with one attached hydrogen (secondary N) is 2. The molecule has 0 radical (unpaired) electrons. The van der Waals surface area contributed by atoms with E-state index in [2.05, 4.69) is 10.6 Å². The number of hydrogen-bond donors (Lipinski definition) is 2. The minimum Gasteiger partial charge on any atom is -0.497 e. The van der Waals surface area contributed by atoms with Gasteiger partial charge in [0.25, 0.3) is 0 Å². The van der Waals surface area contributed by atoms with Gasteiger partial charge in [0.1, 0.15) is 11.6 Å². The Labute approximate surface area is 139 Å². The molecule has 0 unspecified atom stereocenters. The van der Waals surface area contributed by atoms with Gasteiger partial charge in [0.05, 0.1) is 7.11 Å². The predicted molar refractivity (Wildman–Crippen MR) is 92.8 cm³/mol. The van der Waals surface area contributed by atoms with E-state index in [1.807, 2.05) is 0 Å². The summed E-state index contributed by atoms with van der Waals surface area (Å²) >= 11 is 5.06. The lowest BCUT2D eigenvalue weighted by atomic mass is 10.2. The summed E-state index contributed by atoms with van der Waals surface area (Å²) < 4.78 is 17.8. The topological polar surface area (TPSA) is 50.4 Å². The van der Waals surface area contributed by atoms with Gasteiger partial charge in [-0.2, -0.15) is 0 Å². The molecular formula is C17H15FN2O2S. The summed E-state index contributed by atoms with van der Waals surface area (Å²) in [6.45, 7) is 0. The van der Waals surface area contributed by atoms with E-state index in [0.29, 0.717) is 0 Å². The first-order chi connectivity index (χ1) is 11.1. The number of carbonyl (C=O) groups excluding carboxylic acids is 1. The highest BCUT2D eigenvalue weighted by Crippen LogP contribution is 2.14. The van der Waals surface area contributed by atoms with Crippen molar-refractivity contribution in [1.82, 2.24) is 5.32 Å². The first-order valence-electron chi connectivity index (χ1n) is 6.76. The van der Waals surface area contributed by atoms with Crippen molar-refractivity contribution in [2.24, 2.45) is 0 Å². The molecule has 2 N–H and O–H groups in total. The number of anilines is 1. The number of rotatable bonds is 4. The maximum atomic E-state index is 12.8. The van der Waals surface area contributed by atoms with Gasteiger partial charge in [-0.1, -0.05) is 12.1 Å². The van der Waals surface area contributed by atoms with Crippen LogP contribution < -0.4 is 15.4 Å². The Morgan fingerprint density at radius 3 is 2.39 bits per heavy atom. The second-order valence-corrected chi connectivity index (χ2v) is 4.97. The summed E-state index contributed by atoms with van der Waals surface area (Å²) in [7, 11) is 1.58. The summed E-state index contributed by atoms with van der Waals surface area (Å²) in [6.07, 6.45) is 2.90. The highest BCUT2D eigenvalue weighted by Gasteiger charge is 2.02. The van der Waals surface area contributed by atoms with E-state index < -0.39 is 0 Å². The molecule has 23 heavy (non-hydrogen) atoms. The van der Waals surface area contributed by atoms with Gasteiger partial charge in [0.2, 0.25) is 5.91 Å². The molecule has 0 fully saturated rings. The van der Waals surface area contributed by atoms with Gasteiger partial charge >= 0.3 is 0 Å². The van der Waals surface area contributed by atoms with Crippen LogP contribution >= 0.6 is 12.2 Å². The van der Waals surface area contributed by atoms with Crippen LogP contribution in [0.2, 0.25) is 0 Å². The zero-order valence-corrected chi connectivity index (χ0v) is 13.2. The minimum absolute atomic E-state index is 0.184. The van der Waals surface area contributed by atoms with E-state index in [9.17, 15) is 9.18 Å². The smallest absolute Gasteiger partial charge is 0.250 e. The number of carbonyl (C=O) groups is 1. The maximum Gasteiger partial charge on any atom is 0.250 e. The molecule has 0 spiro atoms. The number of benzene rings is 2. The van der Waals surface area contributed by atoms with Gasteiger partial charge in [-0.05, 0) is 60.3 Å². The van der Waals surface area contributed by atoms with Crippen LogP contribution in [0, 0.1) is 5.82 Å². The molecule has 2 aromatic carbocycles. The Hall–Kier alpha value is -2.73. The highest BCUT2D eigenvalue weighted by molar-refractivity contribution is 7.80. The van der Waals surface area contributed by atoms with Crippen LogP contribution in [0.3, 0.4) is 0 Å². The third-order valence-electron chi connectivity index (χ3n) is 2.88. The fraction of sp³-hybridized carbons (Fsp3) is 0.0588. The molecule has 2 rings (SSSR count). The molecule has 0 atom stereocenters. The summed E-state index contributed by atoms with van der Waals surface area (Å²) in [4.78, 5) is 11.8. The molecule has 4 nitrogen and oxygen atoms in total. The molecule has 0 aliphatic heterocycles. The number of halogens is 1. The molecule has 0 aliphatic carbocycles. The van der Waals surface area contributed by atoms with E-state index in [4.69, 9.17) is 17.0 Å². The van der Waals surface area contributed by atoms with Crippen molar-refractivity contribution < 1.29 is 13.9 Å². The first-order valence-corrected chi connectivity index (χ1v) is 7.17. The molecule has 0 saturated heterocycles. The van der Waals surface area contributed by atoms with Gasteiger partial charge in [-0.3, -0.25) is 10.1 Å². The molecule has 118 valence electrons. The molecule has 0 bridgehead atoms. The average Bonchev–Trinajstić information content (AvgIpc) is 2.55. The summed E-state index contributed by atoms with van der Waals surface area (Å²) in [5.74, 6) is 0.0320. The predicted octanol–water partition coefficient (Wildman–Crippen LogP) is 3.36. The molecule has 0 saturated carbocycles. The second-order valence-electron chi connectivity index (χ2n) is 4.56. The molecule has 0 aromatic heterocycles. The standard InChI is InChI=1S/C17H15FN2O2S/c1-22-15-9-7-14(8-10-15)19-17(23)20-16(21)11-4-12-2-5-13(18)6-3-12/h2-11H,1H3,(H2,19,20,21,23)/b11-4+.